The summed E-state index contributed by atoms with van der Waals surface area (Å²) in [6, 6.07) is 10.3. The number of aryl methyl sites for hydroxylation is 3. The largest absolute Gasteiger partial charge is 0.364 e. The predicted molar refractivity (Wildman–Crippen MR) is 91.1 cm³/mol. The second kappa shape index (κ2) is 6.23. The van der Waals surface area contributed by atoms with Crippen molar-refractivity contribution in [2.24, 2.45) is 0 Å². The van der Waals surface area contributed by atoms with Crippen molar-refractivity contribution in [2.75, 3.05) is 5.32 Å². The maximum atomic E-state index is 4.53. The van der Waals surface area contributed by atoms with Crippen LogP contribution in [0.1, 0.15) is 22.1 Å². The minimum absolute atomic E-state index is 0.675. The molecule has 2 aromatic heterocycles. The van der Waals surface area contributed by atoms with Gasteiger partial charge in [-0.2, -0.15) is 0 Å². The average Bonchev–Trinajstić information content (AvgIpc) is 2.91. The van der Waals surface area contributed by atoms with Crippen molar-refractivity contribution in [1.82, 2.24) is 15.0 Å². The fourth-order valence-electron chi connectivity index (χ4n) is 2.20. The van der Waals surface area contributed by atoms with Gasteiger partial charge in [0.1, 0.15) is 11.6 Å². The van der Waals surface area contributed by atoms with E-state index in [0.717, 1.165) is 33.6 Å². The Morgan fingerprint density at radius 2 is 1.77 bits per heavy atom. The van der Waals surface area contributed by atoms with Crippen LogP contribution < -0.4 is 5.32 Å². The van der Waals surface area contributed by atoms with Crippen LogP contribution in [0, 0.1) is 20.8 Å². The first-order chi connectivity index (χ1) is 10.6. The van der Waals surface area contributed by atoms with Gasteiger partial charge in [-0.3, -0.25) is 0 Å². The summed E-state index contributed by atoms with van der Waals surface area (Å²) in [6.07, 6.45) is 0. The first kappa shape index (κ1) is 14.7. The quantitative estimate of drug-likeness (QED) is 0.787. The SMILES string of the molecule is Cc1ccc(-c2cc(NCc3csc(C)n3)nc(C)n2)cc1. The number of nitrogens with one attached hydrogen (secondary N) is 1. The summed E-state index contributed by atoms with van der Waals surface area (Å²) in [5.41, 5.74) is 4.32. The summed E-state index contributed by atoms with van der Waals surface area (Å²) in [4.78, 5) is 13.4. The first-order valence-electron chi connectivity index (χ1n) is 7.18. The van der Waals surface area contributed by atoms with E-state index in [0.29, 0.717) is 6.54 Å². The topological polar surface area (TPSA) is 50.7 Å². The highest BCUT2D eigenvalue weighted by atomic mass is 32.1. The highest BCUT2D eigenvalue weighted by Gasteiger charge is 2.05. The molecule has 0 atom stereocenters. The van der Waals surface area contributed by atoms with Gasteiger partial charge in [0, 0.05) is 17.0 Å². The molecule has 0 unspecified atom stereocenters. The monoisotopic (exact) mass is 310 g/mol. The minimum atomic E-state index is 0.675. The van der Waals surface area contributed by atoms with Gasteiger partial charge in [0.25, 0.3) is 0 Å². The molecule has 3 aromatic rings. The van der Waals surface area contributed by atoms with Crippen LogP contribution in [0.3, 0.4) is 0 Å². The third kappa shape index (κ3) is 3.49. The van der Waals surface area contributed by atoms with Crippen LogP contribution in [0.5, 0.6) is 0 Å². The summed E-state index contributed by atoms with van der Waals surface area (Å²) in [5.74, 6) is 1.59. The number of thiazole rings is 1. The van der Waals surface area contributed by atoms with Gasteiger partial charge in [0.05, 0.1) is 22.9 Å². The Hall–Kier alpha value is -2.27. The van der Waals surface area contributed by atoms with Gasteiger partial charge in [0.2, 0.25) is 0 Å². The predicted octanol–water partition coefficient (Wildman–Crippen LogP) is 4.14. The zero-order chi connectivity index (χ0) is 15.5. The molecule has 22 heavy (non-hydrogen) atoms. The molecule has 0 fully saturated rings. The van der Waals surface area contributed by atoms with E-state index in [1.54, 1.807) is 11.3 Å². The number of aromatic nitrogens is 3. The van der Waals surface area contributed by atoms with E-state index in [4.69, 9.17) is 0 Å². The van der Waals surface area contributed by atoms with Crippen LogP contribution in [0.15, 0.2) is 35.7 Å². The van der Waals surface area contributed by atoms with Gasteiger partial charge < -0.3 is 5.32 Å². The van der Waals surface area contributed by atoms with E-state index in [2.05, 4.69) is 56.8 Å². The van der Waals surface area contributed by atoms with E-state index in [9.17, 15) is 0 Å². The molecule has 0 saturated heterocycles. The lowest BCUT2D eigenvalue weighted by Crippen LogP contribution is -2.04. The lowest BCUT2D eigenvalue weighted by Gasteiger charge is -2.08. The molecule has 3 rings (SSSR count). The Labute approximate surface area is 134 Å². The Morgan fingerprint density at radius 1 is 1.00 bits per heavy atom. The van der Waals surface area contributed by atoms with Crippen molar-refractivity contribution in [1.29, 1.82) is 0 Å². The standard InChI is InChI=1S/C17H18N4S/c1-11-4-6-14(7-5-11)16-8-17(20-12(2)19-16)18-9-15-10-22-13(3)21-15/h4-8,10H,9H2,1-3H3,(H,18,19,20). The molecule has 0 aliphatic rings. The highest BCUT2D eigenvalue weighted by Crippen LogP contribution is 2.21. The van der Waals surface area contributed by atoms with Crippen molar-refractivity contribution < 1.29 is 0 Å². The normalized spacial score (nSPS) is 10.7. The van der Waals surface area contributed by atoms with E-state index in [1.165, 1.54) is 5.56 Å². The van der Waals surface area contributed by atoms with E-state index in [-0.39, 0.29) is 0 Å². The summed E-state index contributed by atoms with van der Waals surface area (Å²) in [7, 11) is 0. The molecule has 0 amide bonds. The fourth-order valence-corrected chi connectivity index (χ4v) is 2.81. The highest BCUT2D eigenvalue weighted by molar-refractivity contribution is 7.09. The maximum absolute atomic E-state index is 4.53. The lowest BCUT2D eigenvalue weighted by atomic mass is 10.1. The molecule has 1 aromatic carbocycles. The van der Waals surface area contributed by atoms with E-state index < -0.39 is 0 Å². The van der Waals surface area contributed by atoms with Crippen molar-refractivity contribution in [3.05, 3.63) is 57.8 Å². The zero-order valence-corrected chi connectivity index (χ0v) is 13.7. The molecule has 0 aliphatic heterocycles. The fraction of sp³-hybridized carbons (Fsp3) is 0.235. The summed E-state index contributed by atoms with van der Waals surface area (Å²) < 4.78 is 0. The van der Waals surface area contributed by atoms with Crippen molar-refractivity contribution in [2.45, 2.75) is 27.3 Å². The maximum Gasteiger partial charge on any atom is 0.130 e. The summed E-state index contributed by atoms with van der Waals surface area (Å²) in [5, 5.41) is 6.48. The molecule has 4 nitrogen and oxygen atoms in total. The second-order valence-electron chi connectivity index (χ2n) is 5.26. The average molecular weight is 310 g/mol. The Bertz CT molecular complexity index is 778. The van der Waals surface area contributed by atoms with Crippen LogP contribution in [-0.2, 0) is 6.54 Å². The Morgan fingerprint density at radius 3 is 2.45 bits per heavy atom. The van der Waals surface area contributed by atoms with E-state index >= 15 is 0 Å². The van der Waals surface area contributed by atoms with Gasteiger partial charge in [-0.25, -0.2) is 15.0 Å². The summed E-state index contributed by atoms with van der Waals surface area (Å²) >= 11 is 1.66. The van der Waals surface area contributed by atoms with E-state index in [1.807, 2.05) is 19.9 Å². The number of nitrogens with zero attached hydrogens (tertiary/aromatic N) is 3. The number of hydrogen-bond acceptors (Lipinski definition) is 5. The Kier molecular flexibility index (Phi) is 4.15. The number of rotatable bonds is 4. The van der Waals surface area contributed by atoms with Crippen molar-refractivity contribution in [3.8, 4) is 11.3 Å². The zero-order valence-electron chi connectivity index (χ0n) is 12.9. The number of anilines is 1. The first-order valence-corrected chi connectivity index (χ1v) is 8.06. The minimum Gasteiger partial charge on any atom is -0.364 e. The van der Waals surface area contributed by atoms with Crippen LogP contribution in [0.25, 0.3) is 11.3 Å². The van der Waals surface area contributed by atoms with Crippen LogP contribution in [0.2, 0.25) is 0 Å². The van der Waals surface area contributed by atoms with Gasteiger partial charge in [-0.05, 0) is 20.8 Å². The molecule has 0 bridgehead atoms. The van der Waals surface area contributed by atoms with Gasteiger partial charge in [-0.1, -0.05) is 29.8 Å². The molecule has 0 spiro atoms. The Balaban J connectivity index is 1.81. The van der Waals surface area contributed by atoms with Gasteiger partial charge >= 0.3 is 0 Å². The number of benzene rings is 1. The molecule has 1 N–H and O–H groups in total. The third-order valence-electron chi connectivity index (χ3n) is 3.30. The second-order valence-corrected chi connectivity index (χ2v) is 6.33. The molecule has 112 valence electrons. The molecule has 0 radical (unpaired) electrons. The van der Waals surface area contributed by atoms with Crippen molar-refractivity contribution >= 4 is 17.2 Å². The third-order valence-corrected chi connectivity index (χ3v) is 4.12. The molecule has 0 aliphatic carbocycles. The molecule has 0 saturated carbocycles. The molecular weight excluding hydrogens is 292 g/mol. The van der Waals surface area contributed by atoms with Crippen molar-refractivity contribution in [3.63, 3.8) is 0 Å². The molecule has 5 heteroatoms. The van der Waals surface area contributed by atoms with Crippen LogP contribution in [0.4, 0.5) is 5.82 Å². The van der Waals surface area contributed by atoms with Gasteiger partial charge in [-0.15, -0.1) is 11.3 Å². The molecular formula is C17H18N4S. The lowest BCUT2D eigenvalue weighted by molar-refractivity contribution is 1.00. The van der Waals surface area contributed by atoms with Gasteiger partial charge in [0.15, 0.2) is 0 Å². The smallest absolute Gasteiger partial charge is 0.130 e. The molecule has 2 heterocycles. The number of hydrogen-bond donors (Lipinski definition) is 1. The summed E-state index contributed by atoms with van der Waals surface area (Å²) in [6.45, 7) is 6.68. The van der Waals surface area contributed by atoms with Crippen LogP contribution >= 0.6 is 11.3 Å². The van der Waals surface area contributed by atoms with Crippen LogP contribution in [-0.4, -0.2) is 15.0 Å².